The van der Waals surface area contributed by atoms with E-state index in [1.165, 1.54) is 31.2 Å². The van der Waals surface area contributed by atoms with Crippen LogP contribution in [0.4, 0.5) is 8.78 Å². The van der Waals surface area contributed by atoms with Crippen molar-refractivity contribution in [3.05, 3.63) is 48.6 Å². The normalized spacial score (nSPS) is 17.3. The predicted octanol–water partition coefficient (Wildman–Crippen LogP) is 0.691. The van der Waals surface area contributed by atoms with Crippen LogP contribution in [-0.4, -0.2) is 63.6 Å². The molecule has 1 aromatic carbocycles. The average molecular weight is 423 g/mol. The molecule has 0 bridgehead atoms. The molecular formula is C20H23F2N3O5. The second-order valence-electron chi connectivity index (χ2n) is 6.44. The first-order chi connectivity index (χ1) is 14.1. The summed E-state index contributed by atoms with van der Waals surface area (Å²) in [5, 5.41) is 20.5. The van der Waals surface area contributed by atoms with Crippen LogP contribution in [0.15, 0.2) is 37.4 Å². The molecule has 3 atom stereocenters. The Labute approximate surface area is 172 Å². The van der Waals surface area contributed by atoms with Crippen LogP contribution in [0.3, 0.4) is 0 Å². The van der Waals surface area contributed by atoms with Crippen molar-refractivity contribution in [1.29, 1.82) is 0 Å². The minimum absolute atomic E-state index is 0.0307. The molecule has 4 N–H and O–H groups in total. The largest absolute Gasteiger partial charge is 0.381 e. The van der Waals surface area contributed by atoms with Gasteiger partial charge in [-0.05, 0) is 31.2 Å². The maximum Gasteiger partial charge on any atom is 0.269 e. The number of hydrogen-bond donors (Lipinski definition) is 4. The van der Waals surface area contributed by atoms with Crippen molar-refractivity contribution in [3.63, 3.8) is 0 Å². The maximum atomic E-state index is 13.0. The second kappa shape index (κ2) is 10.5. The topological polar surface area (TPSA) is 119 Å². The second-order valence-corrected chi connectivity index (χ2v) is 6.44. The number of hydrogen-bond acceptors (Lipinski definition) is 5. The fraction of sp³-hybridized carbons (Fsp3) is 0.350. The quantitative estimate of drug-likeness (QED) is 0.183. The van der Waals surface area contributed by atoms with Crippen molar-refractivity contribution < 1.29 is 33.5 Å². The van der Waals surface area contributed by atoms with Gasteiger partial charge in [-0.15, -0.1) is 13.2 Å². The van der Waals surface area contributed by atoms with Gasteiger partial charge in [0.1, 0.15) is 12.1 Å². The molecule has 1 aliphatic heterocycles. The van der Waals surface area contributed by atoms with Gasteiger partial charge in [-0.25, -0.2) is 14.3 Å². The summed E-state index contributed by atoms with van der Waals surface area (Å²) >= 11 is 0. The fourth-order valence-electron chi connectivity index (χ4n) is 2.36. The van der Waals surface area contributed by atoms with Crippen LogP contribution in [0.2, 0.25) is 0 Å². The molecule has 2 rings (SSSR count). The van der Waals surface area contributed by atoms with E-state index in [1.807, 2.05) is 5.32 Å². The van der Waals surface area contributed by atoms with Gasteiger partial charge in [-0.1, -0.05) is 11.8 Å². The van der Waals surface area contributed by atoms with E-state index < -0.39 is 29.9 Å². The molecule has 0 radical (unpaired) electrons. The zero-order valence-electron chi connectivity index (χ0n) is 16.5. The molecule has 10 heteroatoms. The number of nitrogens with zero attached hydrogens (tertiary/aromatic N) is 1. The first-order valence-electron chi connectivity index (χ1n) is 8.72. The number of carbonyl (C=O) groups is 3. The summed E-state index contributed by atoms with van der Waals surface area (Å²) in [4.78, 5) is 36.5. The summed E-state index contributed by atoms with van der Waals surface area (Å²) in [5.74, 6) is 3.40. The third kappa shape index (κ3) is 6.10. The van der Waals surface area contributed by atoms with Crippen molar-refractivity contribution in [2.75, 3.05) is 6.54 Å². The van der Waals surface area contributed by atoms with Crippen molar-refractivity contribution in [2.45, 2.75) is 38.0 Å². The highest BCUT2D eigenvalue weighted by Crippen LogP contribution is 2.20. The molecule has 1 unspecified atom stereocenters. The lowest BCUT2D eigenvalue weighted by Gasteiger charge is -2.30. The van der Waals surface area contributed by atoms with Crippen molar-refractivity contribution in [3.8, 4) is 11.8 Å². The highest BCUT2D eigenvalue weighted by Gasteiger charge is 2.46. The van der Waals surface area contributed by atoms with Crippen LogP contribution >= 0.6 is 0 Å². The van der Waals surface area contributed by atoms with Gasteiger partial charge in [-0.2, -0.15) is 0 Å². The molecule has 1 aromatic rings. The van der Waals surface area contributed by atoms with E-state index in [0.717, 1.165) is 5.48 Å². The van der Waals surface area contributed by atoms with E-state index in [9.17, 15) is 28.3 Å². The van der Waals surface area contributed by atoms with Crippen LogP contribution < -0.4 is 10.8 Å². The minimum atomic E-state index is -3.36. The lowest BCUT2D eigenvalue weighted by atomic mass is 9.95. The lowest BCUT2D eigenvalue weighted by Crippen LogP contribution is -2.61. The standard InChI is InChI=1S/C18H19F2N3O5.C2H4/c1-10(24)23-9-13(23)8-5-11-3-6-12(7-4-11)15(25)21-14(16(26)22-28)18(2,27)17(19)20;1-2/h3-4,6-7,13-14,17,27-28H,9H2,1-2H3,(H,21,25)(H,22,26);1-2H2/t13?,14-,18+,23?;/m1./s1. The molecule has 1 fully saturated rings. The van der Waals surface area contributed by atoms with Gasteiger partial charge >= 0.3 is 0 Å². The van der Waals surface area contributed by atoms with Gasteiger partial charge < -0.3 is 15.3 Å². The van der Waals surface area contributed by atoms with Crippen molar-refractivity contribution in [2.24, 2.45) is 0 Å². The fourth-order valence-corrected chi connectivity index (χ4v) is 2.36. The zero-order chi connectivity index (χ0) is 23.1. The molecule has 3 amide bonds. The first-order valence-corrected chi connectivity index (χ1v) is 8.72. The molecule has 1 aliphatic rings. The Morgan fingerprint density at radius 1 is 1.27 bits per heavy atom. The third-order valence-corrected chi connectivity index (χ3v) is 4.22. The number of rotatable bonds is 5. The molecule has 0 aliphatic carbocycles. The number of halogens is 2. The lowest BCUT2D eigenvalue weighted by molar-refractivity contribution is -0.149. The Kier molecular flexibility index (Phi) is 8.64. The van der Waals surface area contributed by atoms with Gasteiger partial charge in [0.15, 0.2) is 5.60 Å². The van der Waals surface area contributed by atoms with Gasteiger partial charge in [0.05, 0.1) is 6.54 Å². The van der Waals surface area contributed by atoms with Crippen LogP contribution in [0.25, 0.3) is 0 Å². The SMILES string of the molecule is C=C.CC(=O)N1CC1C#Cc1ccc(C(=O)N[C@H](C(=O)NO)[C@](C)(O)C(F)F)cc1. The van der Waals surface area contributed by atoms with Crippen molar-refractivity contribution >= 4 is 17.7 Å². The Morgan fingerprint density at radius 3 is 2.27 bits per heavy atom. The van der Waals surface area contributed by atoms with Gasteiger partial charge in [0.25, 0.3) is 18.2 Å². The van der Waals surface area contributed by atoms with E-state index >= 15 is 0 Å². The average Bonchev–Trinajstić information content (AvgIpc) is 3.51. The smallest absolute Gasteiger partial charge is 0.269 e. The van der Waals surface area contributed by atoms with Gasteiger partial charge in [-0.3, -0.25) is 19.6 Å². The van der Waals surface area contributed by atoms with E-state index in [2.05, 4.69) is 25.0 Å². The number of alkyl halides is 2. The molecule has 30 heavy (non-hydrogen) atoms. The summed E-state index contributed by atoms with van der Waals surface area (Å²) in [5.41, 5.74) is -1.16. The Bertz CT molecular complexity index is 846. The number of amides is 3. The number of carbonyl (C=O) groups excluding carboxylic acids is 3. The number of benzene rings is 1. The minimum Gasteiger partial charge on any atom is -0.381 e. The van der Waals surface area contributed by atoms with Crippen LogP contribution in [0, 0.1) is 11.8 Å². The molecule has 1 heterocycles. The van der Waals surface area contributed by atoms with Crippen molar-refractivity contribution in [1.82, 2.24) is 15.7 Å². The predicted molar refractivity (Wildman–Crippen MR) is 104 cm³/mol. The highest BCUT2D eigenvalue weighted by atomic mass is 19.3. The molecule has 162 valence electrons. The summed E-state index contributed by atoms with van der Waals surface area (Å²) in [7, 11) is 0. The first kappa shape index (κ1) is 24.7. The summed E-state index contributed by atoms with van der Waals surface area (Å²) in [6, 6.07) is 3.52. The van der Waals surface area contributed by atoms with E-state index in [4.69, 9.17) is 5.21 Å². The van der Waals surface area contributed by atoms with Gasteiger partial charge in [0, 0.05) is 18.1 Å². The summed E-state index contributed by atoms with van der Waals surface area (Å²) in [6.07, 6.45) is -3.36. The monoisotopic (exact) mass is 423 g/mol. The number of hydroxylamine groups is 1. The number of aliphatic hydroxyl groups is 1. The summed E-state index contributed by atoms with van der Waals surface area (Å²) < 4.78 is 26.0. The Balaban J connectivity index is 0.00000218. The van der Waals surface area contributed by atoms with Gasteiger partial charge in [0.2, 0.25) is 5.91 Å². The van der Waals surface area contributed by atoms with E-state index in [-0.39, 0.29) is 17.5 Å². The number of nitrogens with one attached hydrogen (secondary N) is 2. The van der Waals surface area contributed by atoms with E-state index in [1.54, 1.807) is 4.90 Å². The highest BCUT2D eigenvalue weighted by molar-refractivity contribution is 5.97. The van der Waals surface area contributed by atoms with Crippen LogP contribution in [-0.2, 0) is 9.59 Å². The third-order valence-electron chi connectivity index (χ3n) is 4.22. The zero-order valence-corrected chi connectivity index (χ0v) is 16.5. The molecular weight excluding hydrogens is 400 g/mol. The molecule has 0 saturated carbocycles. The Hall–Kier alpha value is -3.29. The summed E-state index contributed by atoms with van der Waals surface area (Å²) in [6.45, 7) is 8.69. The maximum absolute atomic E-state index is 13.0. The molecule has 0 spiro atoms. The molecule has 1 saturated heterocycles. The Morgan fingerprint density at radius 2 is 1.83 bits per heavy atom. The van der Waals surface area contributed by atoms with Crippen LogP contribution in [0.1, 0.15) is 29.8 Å². The van der Waals surface area contributed by atoms with E-state index in [0.29, 0.717) is 19.0 Å². The van der Waals surface area contributed by atoms with Crippen LogP contribution in [0.5, 0.6) is 0 Å². The molecule has 0 aromatic heterocycles. The molecule has 8 nitrogen and oxygen atoms in total.